The quantitative estimate of drug-likeness (QED) is 0.648. The number of piperidine rings is 2. The molecule has 0 aromatic carbocycles. The number of hydrogen-bond acceptors (Lipinski definition) is 0. The van der Waals surface area contributed by atoms with E-state index >= 15 is 0 Å². The topological polar surface area (TPSA) is 0 Å². The van der Waals surface area contributed by atoms with Crippen molar-refractivity contribution < 1.29 is 4.48 Å². The Labute approximate surface area is 108 Å². The lowest BCUT2D eigenvalue weighted by atomic mass is 9.67. The standard InChI is InChI=1S/C16H32N/c1-6-17(13(4)5)11-14-7-8-16(17)10-15(14)9-12(2)3/h12-16H,6-11H2,1-5H3/q+1/t14?,15?,16-,17?/m0/s1. The van der Waals surface area contributed by atoms with Crippen LogP contribution in [0.3, 0.4) is 0 Å². The Morgan fingerprint density at radius 3 is 2.24 bits per heavy atom. The molecule has 3 rings (SSSR count). The van der Waals surface area contributed by atoms with Gasteiger partial charge in [-0.3, -0.25) is 0 Å². The summed E-state index contributed by atoms with van der Waals surface area (Å²) in [4.78, 5) is 0. The Balaban J connectivity index is 2.11. The molecule has 0 N–H and O–H groups in total. The van der Waals surface area contributed by atoms with Gasteiger partial charge in [0.15, 0.2) is 0 Å². The number of fused-ring (bicyclic) bond motifs is 3. The first-order valence-electron chi connectivity index (χ1n) is 7.86. The highest BCUT2D eigenvalue weighted by molar-refractivity contribution is 4.87. The first-order chi connectivity index (χ1) is 7.99. The van der Waals surface area contributed by atoms with E-state index in [2.05, 4.69) is 34.6 Å². The fourth-order valence-electron chi connectivity index (χ4n) is 4.87. The zero-order valence-electron chi connectivity index (χ0n) is 12.6. The molecular weight excluding hydrogens is 206 g/mol. The Bertz CT molecular complexity index is 258. The molecule has 3 fully saturated rings. The fourth-order valence-corrected chi connectivity index (χ4v) is 4.87. The summed E-state index contributed by atoms with van der Waals surface area (Å²) in [5.74, 6) is 2.97. The summed E-state index contributed by atoms with van der Waals surface area (Å²) >= 11 is 0. The molecule has 0 radical (unpaired) electrons. The summed E-state index contributed by atoms with van der Waals surface area (Å²) in [6.07, 6.45) is 6.03. The van der Waals surface area contributed by atoms with E-state index in [1.54, 1.807) is 0 Å². The molecule has 1 saturated carbocycles. The molecule has 4 atom stereocenters. The summed E-state index contributed by atoms with van der Waals surface area (Å²) in [6, 6.07) is 1.81. The molecule has 2 heterocycles. The number of quaternary nitrogens is 1. The predicted octanol–water partition coefficient (Wildman–Crippen LogP) is 4.08. The fraction of sp³-hybridized carbons (Fsp3) is 1.00. The highest BCUT2D eigenvalue weighted by Gasteiger charge is 2.51. The zero-order valence-corrected chi connectivity index (χ0v) is 12.6. The summed E-state index contributed by atoms with van der Waals surface area (Å²) in [6.45, 7) is 14.9. The normalized spacial score (nSPS) is 41.5. The van der Waals surface area contributed by atoms with Crippen molar-refractivity contribution in [2.24, 2.45) is 17.8 Å². The van der Waals surface area contributed by atoms with Crippen LogP contribution in [-0.2, 0) is 0 Å². The Morgan fingerprint density at radius 1 is 1.12 bits per heavy atom. The molecule has 0 amide bonds. The second kappa shape index (κ2) is 4.91. The third kappa shape index (κ3) is 2.28. The summed E-state index contributed by atoms with van der Waals surface area (Å²) < 4.78 is 1.43. The predicted molar refractivity (Wildman–Crippen MR) is 74.9 cm³/mol. The van der Waals surface area contributed by atoms with Crippen molar-refractivity contribution >= 4 is 0 Å². The molecule has 1 nitrogen and oxygen atoms in total. The molecule has 0 spiro atoms. The maximum absolute atomic E-state index is 2.45. The molecule has 1 aliphatic carbocycles. The molecule has 2 saturated heterocycles. The van der Waals surface area contributed by atoms with Crippen molar-refractivity contribution in [3.05, 3.63) is 0 Å². The van der Waals surface area contributed by atoms with Crippen molar-refractivity contribution in [2.45, 2.75) is 72.4 Å². The van der Waals surface area contributed by atoms with Gasteiger partial charge < -0.3 is 4.48 Å². The van der Waals surface area contributed by atoms with Crippen molar-refractivity contribution in [3.8, 4) is 0 Å². The van der Waals surface area contributed by atoms with Crippen molar-refractivity contribution in [2.75, 3.05) is 13.1 Å². The van der Waals surface area contributed by atoms with Crippen LogP contribution < -0.4 is 0 Å². The van der Waals surface area contributed by atoms with Gasteiger partial charge in [-0.1, -0.05) is 13.8 Å². The molecular formula is C16H32N+. The van der Waals surface area contributed by atoms with Gasteiger partial charge in [0.2, 0.25) is 0 Å². The average Bonchev–Trinajstić information content (AvgIpc) is 2.28. The van der Waals surface area contributed by atoms with Crippen LogP contribution in [0, 0.1) is 17.8 Å². The van der Waals surface area contributed by atoms with Gasteiger partial charge in [-0.25, -0.2) is 0 Å². The molecule has 17 heavy (non-hydrogen) atoms. The smallest absolute Gasteiger partial charge is 0.0895 e. The maximum Gasteiger partial charge on any atom is 0.0895 e. The molecule has 100 valence electrons. The van der Waals surface area contributed by atoms with Gasteiger partial charge in [0.1, 0.15) is 0 Å². The lowest BCUT2D eigenvalue weighted by Crippen LogP contribution is -2.68. The second-order valence-electron chi connectivity index (χ2n) is 7.31. The van der Waals surface area contributed by atoms with E-state index in [0.717, 1.165) is 29.8 Å². The van der Waals surface area contributed by atoms with E-state index in [-0.39, 0.29) is 0 Å². The van der Waals surface area contributed by atoms with Gasteiger partial charge in [-0.05, 0) is 51.9 Å². The first-order valence-corrected chi connectivity index (χ1v) is 7.86. The zero-order chi connectivity index (χ0) is 12.6. The molecule has 0 aromatic rings. The van der Waals surface area contributed by atoms with Gasteiger partial charge in [0.05, 0.1) is 25.2 Å². The molecule has 3 unspecified atom stereocenters. The molecule has 1 heteroatoms. The molecule has 0 aromatic heterocycles. The number of hydrogen-bond donors (Lipinski definition) is 0. The highest BCUT2D eigenvalue weighted by Crippen LogP contribution is 2.47. The van der Waals surface area contributed by atoms with Crippen LogP contribution in [0.2, 0.25) is 0 Å². The minimum atomic E-state index is 0.827. The van der Waals surface area contributed by atoms with Gasteiger partial charge in [0, 0.05) is 12.3 Å². The average molecular weight is 238 g/mol. The maximum atomic E-state index is 2.45. The van der Waals surface area contributed by atoms with Crippen LogP contribution >= 0.6 is 0 Å². The molecule has 3 aliphatic rings. The van der Waals surface area contributed by atoms with Crippen LogP contribution in [0.5, 0.6) is 0 Å². The lowest BCUT2D eigenvalue weighted by Gasteiger charge is -2.58. The van der Waals surface area contributed by atoms with Gasteiger partial charge in [-0.2, -0.15) is 0 Å². The van der Waals surface area contributed by atoms with E-state index in [0.29, 0.717) is 0 Å². The Kier molecular flexibility index (Phi) is 3.87. The van der Waals surface area contributed by atoms with E-state index in [1.807, 2.05) is 0 Å². The van der Waals surface area contributed by atoms with Crippen LogP contribution in [0.15, 0.2) is 0 Å². The molecule has 2 bridgehead atoms. The summed E-state index contributed by atoms with van der Waals surface area (Å²) in [5.41, 5.74) is 0. The minimum Gasteiger partial charge on any atom is -0.319 e. The van der Waals surface area contributed by atoms with Gasteiger partial charge >= 0.3 is 0 Å². The van der Waals surface area contributed by atoms with E-state index in [1.165, 1.54) is 43.3 Å². The monoisotopic (exact) mass is 238 g/mol. The summed E-state index contributed by atoms with van der Waals surface area (Å²) in [7, 11) is 0. The number of nitrogens with zero attached hydrogens (tertiary/aromatic N) is 1. The third-order valence-electron chi connectivity index (χ3n) is 5.81. The van der Waals surface area contributed by atoms with Gasteiger partial charge in [0.25, 0.3) is 0 Å². The lowest BCUT2D eigenvalue weighted by molar-refractivity contribution is -0.983. The number of rotatable bonds is 4. The molecule has 2 aliphatic heterocycles. The minimum absolute atomic E-state index is 0.827. The third-order valence-corrected chi connectivity index (χ3v) is 5.81. The van der Waals surface area contributed by atoms with Crippen molar-refractivity contribution in [1.82, 2.24) is 0 Å². The van der Waals surface area contributed by atoms with Crippen LogP contribution in [0.4, 0.5) is 0 Å². The van der Waals surface area contributed by atoms with E-state index in [9.17, 15) is 0 Å². The second-order valence-corrected chi connectivity index (χ2v) is 7.31. The Hall–Kier alpha value is -0.0400. The first kappa shape index (κ1) is 13.4. The van der Waals surface area contributed by atoms with Crippen LogP contribution in [0.25, 0.3) is 0 Å². The van der Waals surface area contributed by atoms with Gasteiger partial charge in [-0.15, -0.1) is 0 Å². The van der Waals surface area contributed by atoms with Crippen molar-refractivity contribution in [1.29, 1.82) is 0 Å². The largest absolute Gasteiger partial charge is 0.319 e. The summed E-state index contributed by atoms with van der Waals surface area (Å²) in [5, 5.41) is 0. The van der Waals surface area contributed by atoms with Crippen molar-refractivity contribution in [3.63, 3.8) is 0 Å². The highest BCUT2D eigenvalue weighted by atomic mass is 15.4. The van der Waals surface area contributed by atoms with E-state index < -0.39 is 0 Å². The van der Waals surface area contributed by atoms with Crippen LogP contribution in [0.1, 0.15) is 60.3 Å². The SMILES string of the molecule is CC[N+]1(C(C)C)CC2CC[C@H]1CC2CC(C)C. The van der Waals surface area contributed by atoms with Crippen LogP contribution in [-0.4, -0.2) is 29.7 Å². The Morgan fingerprint density at radius 2 is 1.82 bits per heavy atom. The van der Waals surface area contributed by atoms with E-state index in [4.69, 9.17) is 0 Å².